The number of nitrogens with zero attached hydrogens (tertiary/aromatic N) is 4. The minimum absolute atomic E-state index is 0.223. The van der Waals surface area contributed by atoms with E-state index >= 15 is 0 Å². The monoisotopic (exact) mass is 354 g/mol. The number of hydrogen-bond acceptors (Lipinski definition) is 7. The number of esters is 1. The fraction of sp³-hybridized carbons (Fsp3) is 0.278. The number of ether oxygens (including phenoxy) is 1. The lowest BCUT2D eigenvalue weighted by atomic mass is 10.1. The summed E-state index contributed by atoms with van der Waals surface area (Å²) in [6, 6.07) is 6.36. The van der Waals surface area contributed by atoms with Gasteiger partial charge in [-0.25, -0.2) is 14.8 Å². The minimum Gasteiger partial charge on any atom is -0.467 e. The van der Waals surface area contributed by atoms with Gasteiger partial charge in [-0.1, -0.05) is 17.3 Å². The summed E-state index contributed by atoms with van der Waals surface area (Å²) in [6.45, 7) is 0.223. The first kappa shape index (κ1) is 17.5. The Hall–Kier alpha value is -3.29. The van der Waals surface area contributed by atoms with Crippen LogP contribution in [0.3, 0.4) is 0 Å². The molecule has 0 bridgehead atoms. The average Bonchev–Trinajstić information content (AvgIpc) is 3.12. The van der Waals surface area contributed by atoms with E-state index in [9.17, 15) is 9.59 Å². The lowest BCUT2D eigenvalue weighted by Crippen LogP contribution is -2.41. The highest BCUT2D eigenvalue weighted by atomic mass is 16.6. The smallest absolute Gasteiger partial charge is 0.329 e. The van der Waals surface area contributed by atoms with E-state index < -0.39 is 12.0 Å². The Morgan fingerprint density at radius 3 is 2.42 bits per heavy atom. The molecule has 134 valence electrons. The van der Waals surface area contributed by atoms with Gasteiger partial charge in [-0.05, 0) is 17.7 Å². The van der Waals surface area contributed by atoms with Gasteiger partial charge >= 0.3 is 5.97 Å². The maximum Gasteiger partial charge on any atom is 0.329 e. The molecule has 1 fully saturated rings. The van der Waals surface area contributed by atoms with E-state index in [-0.39, 0.29) is 12.5 Å². The zero-order chi connectivity index (χ0) is 18.5. The molecule has 8 nitrogen and oxygen atoms in total. The van der Waals surface area contributed by atoms with Gasteiger partial charge in [-0.3, -0.25) is 4.79 Å². The minimum atomic E-state index is -0.705. The summed E-state index contributed by atoms with van der Waals surface area (Å²) in [7, 11) is 2.73. The molecule has 1 amide bonds. The van der Waals surface area contributed by atoms with E-state index in [1.165, 1.54) is 25.4 Å². The molecule has 2 aromatic rings. The zero-order valence-corrected chi connectivity index (χ0v) is 14.5. The number of hydrogen-bond donors (Lipinski definition) is 0. The topological polar surface area (TPSA) is 94.0 Å². The summed E-state index contributed by atoms with van der Waals surface area (Å²) in [5, 5.41) is 3.87. The highest BCUT2D eigenvalue weighted by Gasteiger charge is 2.39. The maximum absolute atomic E-state index is 12.9. The van der Waals surface area contributed by atoms with E-state index in [1.54, 1.807) is 24.5 Å². The number of methoxy groups -OCH3 is 1. The summed E-state index contributed by atoms with van der Waals surface area (Å²) >= 11 is 0. The van der Waals surface area contributed by atoms with Crippen molar-refractivity contribution >= 4 is 17.6 Å². The van der Waals surface area contributed by atoms with Crippen LogP contribution in [0.15, 0.2) is 48.1 Å². The van der Waals surface area contributed by atoms with Crippen LogP contribution >= 0.6 is 0 Å². The molecule has 0 unspecified atom stereocenters. The van der Waals surface area contributed by atoms with Crippen molar-refractivity contribution in [3.63, 3.8) is 0 Å². The summed E-state index contributed by atoms with van der Waals surface area (Å²) in [4.78, 5) is 39.1. The molecule has 0 aliphatic carbocycles. The van der Waals surface area contributed by atoms with Gasteiger partial charge in [-0.15, -0.1) is 0 Å². The number of aromatic nitrogens is 2. The van der Waals surface area contributed by atoms with Crippen molar-refractivity contribution in [2.45, 2.75) is 12.5 Å². The van der Waals surface area contributed by atoms with Crippen LogP contribution in [0.4, 0.5) is 0 Å². The van der Waals surface area contributed by atoms with E-state index in [4.69, 9.17) is 9.57 Å². The van der Waals surface area contributed by atoms with Crippen molar-refractivity contribution in [1.82, 2.24) is 14.9 Å². The largest absolute Gasteiger partial charge is 0.467 e. The van der Waals surface area contributed by atoms with E-state index in [2.05, 4.69) is 15.1 Å². The Labute approximate surface area is 150 Å². The van der Waals surface area contributed by atoms with Crippen LogP contribution in [0.1, 0.15) is 16.8 Å². The van der Waals surface area contributed by atoms with Gasteiger partial charge in [0.1, 0.15) is 19.5 Å². The first-order valence-electron chi connectivity index (χ1n) is 7.97. The Morgan fingerprint density at radius 1 is 1.12 bits per heavy atom. The first-order valence-corrected chi connectivity index (χ1v) is 7.97. The molecular formula is C18H18N4O4. The second kappa shape index (κ2) is 7.73. The Balaban J connectivity index is 1.83. The molecule has 0 spiro atoms. The first-order chi connectivity index (χ1) is 12.6. The van der Waals surface area contributed by atoms with Gasteiger partial charge in [0.15, 0.2) is 0 Å². The molecule has 2 heterocycles. The lowest BCUT2D eigenvalue weighted by Gasteiger charge is -2.22. The fourth-order valence-electron chi connectivity index (χ4n) is 2.88. The normalized spacial score (nSPS) is 18.0. The van der Waals surface area contributed by atoms with Crippen molar-refractivity contribution in [2.75, 3.05) is 20.8 Å². The Morgan fingerprint density at radius 2 is 1.81 bits per heavy atom. The van der Waals surface area contributed by atoms with E-state index in [0.29, 0.717) is 17.7 Å². The van der Waals surface area contributed by atoms with Crippen LogP contribution in [-0.4, -0.2) is 59.3 Å². The van der Waals surface area contributed by atoms with E-state index in [1.807, 2.05) is 12.1 Å². The fourth-order valence-corrected chi connectivity index (χ4v) is 2.88. The van der Waals surface area contributed by atoms with Gasteiger partial charge in [0.25, 0.3) is 5.91 Å². The number of benzene rings is 1. The predicted molar refractivity (Wildman–Crippen MR) is 93.4 cm³/mol. The van der Waals surface area contributed by atoms with Crippen LogP contribution in [0.2, 0.25) is 0 Å². The highest BCUT2D eigenvalue weighted by molar-refractivity contribution is 6.04. The second-order valence-corrected chi connectivity index (χ2v) is 5.72. The maximum atomic E-state index is 12.9. The molecule has 3 rings (SSSR count). The van der Waals surface area contributed by atoms with Crippen molar-refractivity contribution in [3.05, 3.63) is 48.5 Å². The second-order valence-electron chi connectivity index (χ2n) is 5.72. The number of likely N-dealkylation sites (tertiary alicyclic amines) is 1. The third-order valence-corrected chi connectivity index (χ3v) is 4.14. The third-order valence-electron chi connectivity index (χ3n) is 4.14. The standard InChI is InChI=1S/C18H18N4O4/c1-25-18(24)16-7-15(21-26-2)10-22(16)17(23)13-5-3-12(4-6-13)14-8-19-11-20-9-14/h3-6,8-9,11,16H,7,10H2,1-2H3/t16-/m0/s1. The van der Waals surface area contributed by atoms with Crippen LogP contribution in [0.5, 0.6) is 0 Å². The summed E-state index contributed by atoms with van der Waals surface area (Å²) < 4.78 is 4.81. The number of rotatable bonds is 4. The lowest BCUT2D eigenvalue weighted by molar-refractivity contribution is -0.145. The molecule has 0 radical (unpaired) electrons. The van der Waals surface area contributed by atoms with Gasteiger partial charge in [0.05, 0.1) is 19.4 Å². The van der Waals surface area contributed by atoms with E-state index in [0.717, 1.165) is 11.1 Å². The van der Waals surface area contributed by atoms with Crippen LogP contribution in [-0.2, 0) is 14.4 Å². The molecule has 8 heteroatoms. The summed E-state index contributed by atoms with van der Waals surface area (Å²) in [6.07, 6.45) is 5.16. The predicted octanol–water partition coefficient (Wildman–Crippen LogP) is 1.53. The van der Waals surface area contributed by atoms with Crippen molar-refractivity contribution in [2.24, 2.45) is 5.16 Å². The molecule has 1 saturated heterocycles. The molecule has 1 aromatic carbocycles. The Kier molecular flexibility index (Phi) is 5.21. The van der Waals surface area contributed by atoms with Crippen LogP contribution < -0.4 is 0 Å². The van der Waals surface area contributed by atoms with Gasteiger partial charge in [0, 0.05) is 29.9 Å². The molecular weight excluding hydrogens is 336 g/mol. The molecule has 1 aliphatic heterocycles. The molecule has 1 aliphatic rings. The molecule has 26 heavy (non-hydrogen) atoms. The van der Waals surface area contributed by atoms with Crippen molar-refractivity contribution in [1.29, 1.82) is 0 Å². The molecule has 1 aromatic heterocycles. The van der Waals surface area contributed by atoms with Crippen molar-refractivity contribution in [3.8, 4) is 11.1 Å². The average molecular weight is 354 g/mol. The van der Waals surface area contributed by atoms with Gasteiger partial charge < -0.3 is 14.5 Å². The van der Waals surface area contributed by atoms with Crippen LogP contribution in [0.25, 0.3) is 11.1 Å². The molecule has 0 saturated carbocycles. The number of carbonyl (C=O) groups excluding carboxylic acids is 2. The van der Waals surface area contributed by atoms with Crippen molar-refractivity contribution < 1.29 is 19.2 Å². The van der Waals surface area contributed by atoms with Gasteiger partial charge in [-0.2, -0.15) is 0 Å². The summed E-state index contributed by atoms with van der Waals surface area (Å²) in [5.74, 6) is -0.740. The van der Waals surface area contributed by atoms with Crippen LogP contribution in [0, 0.1) is 0 Å². The number of oxime groups is 1. The summed E-state index contributed by atoms with van der Waals surface area (Å²) in [5.41, 5.74) is 2.84. The third kappa shape index (κ3) is 3.53. The number of carbonyl (C=O) groups is 2. The SMILES string of the molecule is CON=C1C[C@@H](C(=O)OC)N(C(=O)c2ccc(-c3cncnc3)cc2)C1. The molecule has 1 atom stereocenters. The quantitative estimate of drug-likeness (QED) is 0.611. The zero-order valence-electron chi connectivity index (χ0n) is 14.5. The number of amides is 1. The highest BCUT2D eigenvalue weighted by Crippen LogP contribution is 2.22. The van der Waals surface area contributed by atoms with Gasteiger partial charge in [0.2, 0.25) is 0 Å². The molecule has 0 N–H and O–H groups in total. The Bertz CT molecular complexity index is 821.